The molecule has 10 heteroatoms. The van der Waals surface area contributed by atoms with Crippen molar-refractivity contribution in [3.05, 3.63) is 87.4 Å². The van der Waals surface area contributed by atoms with E-state index >= 15 is 0 Å². The summed E-state index contributed by atoms with van der Waals surface area (Å²) in [7, 11) is 1.29. The molecule has 0 aromatic heterocycles. The molecule has 40 heavy (non-hydrogen) atoms. The first-order chi connectivity index (χ1) is 19.2. The van der Waals surface area contributed by atoms with Crippen molar-refractivity contribution in [2.75, 3.05) is 23.9 Å². The number of nitrogens with zero attached hydrogens (tertiary/aromatic N) is 3. The molecule has 0 fully saturated rings. The van der Waals surface area contributed by atoms with Crippen LogP contribution in [0.4, 0.5) is 11.4 Å². The lowest BCUT2D eigenvalue weighted by Gasteiger charge is -2.27. The van der Waals surface area contributed by atoms with E-state index in [9.17, 15) is 19.6 Å². The number of esters is 1. The van der Waals surface area contributed by atoms with E-state index in [4.69, 9.17) is 9.84 Å². The Labute approximate surface area is 232 Å². The molecule has 0 bridgehead atoms. The number of carbonyl (C=O) groups is 3. The van der Waals surface area contributed by atoms with Crippen LogP contribution in [0, 0.1) is 30.9 Å². The van der Waals surface area contributed by atoms with Crippen LogP contribution in [0.5, 0.6) is 0 Å². The van der Waals surface area contributed by atoms with Gasteiger partial charge in [0, 0.05) is 54.9 Å². The summed E-state index contributed by atoms with van der Waals surface area (Å²) in [6.45, 7) is 3.84. The molecular formula is C30H29N4O6-. The van der Waals surface area contributed by atoms with E-state index < -0.39 is 11.9 Å². The fourth-order valence-corrected chi connectivity index (χ4v) is 4.55. The summed E-state index contributed by atoms with van der Waals surface area (Å²) in [5.41, 5.74) is 5.78. The third-order valence-electron chi connectivity index (χ3n) is 6.41. The second-order valence-corrected chi connectivity index (χ2v) is 9.36. The van der Waals surface area contributed by atoms with Gasteiger partial charge in [0.05, 0.1) is 30.7 Å². The molecule has 0 saturated carbocycles. The molecule has 0 atom stereocenters. The molecule has 2 heterocycles. The van der Waals surface area contributed by atoms with Crippen LogP contribution in [0.3, 0.4) is 0 Å². The van der Waals surface area contributed by atoms with Crippen LogP contribution in [0.25, 0.3) is 0 Å². The average molecular weight is 542 g/mol. The number of methoxy groups -OCH3 is 1. The number of hydrazone groups is 1. The highest BCUT2D eigenvalue weighted by atomic mass is 16.5. The summed E-state index contributed by atoms with van der Waals surface area (Å²) in [4.78, 5) is 39.0. The number of anilines is 2. The smallest absolute Gasteiger partial charge is 0.335 e. The van der Waals surface area contributed by atoms with Crippen LogP contribution in [0.1, 0.15) is 47.9 Å². The van der Waals surface area contributed by atoms with Crippen molar-refractivity contribution >= 4 is 34.9 Å². The standard InChI is InChI=1S/C30H29N4O6/c1-19-14-21(6-4-5-13-35)15-20(2)28(19)33-17-23(16-24(18-33)30(38)40-3)29(37)31-25-9-7-22(8-10-25)26-11-12-27(36)34(39)32-26/h7-10,14-15,17-18,35H,5,11-13,16H2,1-3H3,(H,31,37)/q-1. The summed E-state index contributed by atoms with van der Waals surface area (Å²) < 4.78 is 4.95. The molecule has 10 nitrogen and oxygen atoms in total. The maximum absolute atomic E-state index is 13.3. The largest absolute Gasteiger partial charge is 0.735 e. The summed E-state index contributed by atoms with van der Waals surface area (Å²) in [5, 5.41) is 27.3. The van der Waals surface area contributed by atoms with Crippen molar-refractivity contribution in [1.82, 2.24) is 5.17 Å². The number of nitrogens with one attached hydrogen (secondary N) is 1. The molecule has 4 rings (SSSR count). The molecule has 0 radical (unpaired) electrons. The van der Waals surface area contributed by atoms with Crippen molar-refractivity contribution < 1.29 is 24.2 Å². The predicted octanol–water partition coefficient (Wildman–Crippen LogP) is 3.65. The van der Waals surface area contributed by atoms with Crippen LogP contribution in [0.2, 0.25) is 0 Å². The van der Waals surface area contributed by atoms with E-state index in [1.165, 1.54) is 7.11 Å². The zero-order chi connectivity index (χ0) is 28.8. The average Bonchev–Trinajstić information content (AvgIpc) is 2.94. The Morgan fingerprint density at radius 2 is 1.77 bits per heavy atom. The molecule has 0 spiro atoms. The Morgan fingerprint density at radius 3 is 2.40 bits per heavy atom. The fourth-order valence-electron chi connectivity index (χ4n) is 4.55. The molecule has 2 amide bonds. The number of hydrogen-bond donors (Lipinski definition) is 2. The lowest BCUT2D eigenvalue weighted by Crippen LogP contribution is -2.27. The second-order valence-electron chi connectivity index (χ2n) is 9.36. The SMILES string of the molecule is COC(=O)C1=CN(c2c(C)cc(C#CCCO)cc2C)C=C(C(=O)Nc2ccc(C3=NN([O-])C(=O)CC3)cc2)C1. The van der Waals surface area contributed by atoms with Gasteiger partial charge in [-0.05, 0) is 54.8 Å². The van der Waals surface area contributed by atoms with Crippen molar-refractivity contribution in [2.45, 2.75) is 39.5 Å². The Balaban J connectivity index is 1.58. The minimum absolute atomic E-state index is 0.00463. The number of amides is 2. The molecule has 2 aromatic carbocycles. The normalized spacial score (nSPS) is 14.9. The van der Waals surface area contributed by atoms with Gasteiger partial charge in [0.1, 0.15) is 0 Å². The third kappa shape index (κ3) is 6.46. The van der Waals surface area contributed by atoms with Gasteiger partial charge in [-0.3, -0.25) is 9.59 Å². The van der Waals surface area contributed by atoms with E-state index in [0.29, 0.717) is 41.0 Å². The summed E-state index contributed by atoms with van der Waals surface area (Å²) in [6, 6.07) is 10.6. The van der Waals surface area contributed by atoms with E-state index in [-0.39, 0.29) is 30.5 Å². The van der Waals surface area contributed by atoms with Crippen molar-refractivity contribution in [1.29, 1.82) is 0 Å². The van der Waals surface area contributed by atoms with Gasteiger partial charge in [-0.15, -0.1) is 0 Å². The molecule has 2 N–H and O–H groups in total. The van der Waals surface area contributed by atoms with Crippen LogP contribution in [-0.2, 0) is 19.1 Å². The second kappa shape index (κ2) is 12.4. The molecular weight excluding hydrogens is 512 g/mol. The van der Waals surface area contributed by atoms with Crippen LogP contribution < -0.4 is 10.2 Å². The Kier molecular flexibility index (Phi) is 8.79. The van der Waals surface area contributed by atoms with Crippen molar-refractivity contribution in [3.63, 3.8) is 0 Å². The van der Waals surface area contributed by atoms with E-state index in [2.05, 4.69) is 22.3 Å². The molecule has 0 unspecified atom stereocenters. The molecule has 206 valence electrons. The topological polar surface area (TPSA) is 135 Å². The fraction of sp³-hybridized carbons (Fsp3) is 0.267. The number of benzene rings is 2. The van der Waals surface area contributed by atoms with Gasteiger partial charge in [-0.1, -0.05) is 24.0 Å². The van der Waals surface area contributed by atoms with E-state index in [1.807, 2.05) is 26.0 Å². The number of hydroxylamine groups is 1. The maximum Gasteiger partial charge on any atom is 0.335 e. The van der Waals surface area contributed by atoms with Gasteiger partial charge >= 0.3 is 5.97 Å². The zero-order valence-electron chi connectivity index (χ0n) is 22.5. The molecule has 0 saturated heterocycles. The van der Waals surface area contributed by atoms with Crippen LogP contribution >= 0.6 is 0 Å². The predicted molar refractivity (Wildman–Crippen MR) is 151 cm³/mol. The van der Waals surface area contributed by atoms with Gasteiger partial charge in [-0.25, -0.2) is 4.79 Å². The number of rotatable bonds is 6. The van der Waals surface area contributed by atoms with Crippen LogP contribution in [0.15, 0.2) is 65.0 Å². The third-order valence-corrected chi connectivity index (χ3v) is 6.41. The molecule has 2 aliphatic heterocycles. The summed E-state index contributed by atoms with van der Waals surface area (Å²) in [6.07, 6.45) is 4.29. The minimum Gasteiger partial charge on any atom is -0.735 e. The quantitative estimate of drug-likeness (QED) is 0.421. The number of aliphatic hydroxyl groups is 1. The minimum atomic E-state index is -0.573. The molecule has 2 aromatic rings. The lowest BCUT2D eigenvalue weighted by molar-refractivity contribution is -0.136. The Bertz CT molecular complexity index is 1470. The molecule has 2 aliphatic rings. The van der Waals surface area contributed by atoms with Gasteiger partial charge in [0.25, 0.3) is 5.91 Å². The monoisotopic (exact) mass is 541 g/mol. The maximum atomic E-state index is 13.3. The first-order valence-electron chi connectivity index (χ1n) is 12.7. The highest BCUT2D eigenvalue weighted by molar-refractivity contribution is 6.07. The van der Waals surface area contributed by atoms with Gasteiger partial charge in [0.2, 0.25) is 5.91 Å². The zero-order valence-corrected chi connectivity index (χ0v) is 22.5. The Hall–Kier alpha value is -4.72. The highest BCUT2D eigenvalue weighted by Gasteiger charge is 2.25. The molecule has 0 aliphatic carbocycles. The number of ether oxygens (including phenoxy) is 1. The van der Waals surface area contributed by atoms with Gasteiger partial charge in [-0.2, -0.15) is 5.10 Å². The van der Waals surface area contributed by atoms with Crippen LogP contribution in [-0.4, -0.2) is 47.5 Å². The number of carbonyl (C=O) groups excluding carboxylic acids is 3. The highest BCUT2D eigenvalue weighted by Crippen LogP contribution is 2.32. The van der Waals surface area contributed by atoms with Crippen molar-refractivity contribution in [3.8, 4) is 11.8 Å². The first kappa shape index (κ1) is 28.3. The lowest BCUT2D eigenvalue weighted by atomic mass is 9.99. The Morgan fingerprint density at radius 1 is 1.10 bits per heavy atom. The van der Waals surface area contributed by atoms with E-state index in [1.54, 1.807) is 41.6 Å². The summed E-state index contributed by atoms with van der Waals surface area (Å²) >= 11 is 0. The van der Waals surface area contributed by atoms with Crippen molar-refractivity contribution in [2.24, 2.45) is 5.10 Å². The van der Waals surface area contributed by atoms with Gasteiger partial charge < -0.3 is 30.4 Å². The van der Waals surface area contributed by atoms with Gasteiger partial charge in [0.15, 0.2) is 0 Å². The number of hydrogen-bond acceptors (Lipinski definition) is 8. The van der Waals surface area contributed by atoms with E-state index in [0.717, 1.165) is 22.4 Å². The number of aryl methyl sites for hydroxylation is 2. The summed E-state index contributed by atoms with van der Waals surface area (Å²) in [5.74, 6) is 4.46. The number of aliphatic hydroxyl groups excluding tert-OH is 1. The first-order valence-corrected chi connectivity index (χ1v) is 12.7.